The maximum atomic E-state index is 12.4. The largest absolute Gasteiger partial charge is 0.496 e. The lowest BCUT2D eigenvalue weighted by molar-refractivity contribution is -0.138. The van der Waals surface area contributed by atoms with E-state index in [1.165, 1.54) is 7.11 Å². The van der Waals surface area contributed by atoms with Gasteiger partial charge >= 0.3 is 6.18 Å². The van der Waals surface area contributed by atoms with Gasteiger partial charge in [-0.1, -0.05) is 26.0 Å². The van der Waals surface area contributed by atoms with E-state index in [2.05, 4.69) is 0 Å². The third-order valence-corrected chi connectivity index (χ3v) is 2.77. The molecule has 0 aromatic heterocycles. The summed E-state index contributed by atoms with van der Waals surface area (Å²) in [4.78, 5) is 0. The minimum absolute atomic E-state index is 0. The van der Waals surface area contributed by atoms with Crippen LogP contribution in [0.1, 0.15) is 43.4 Å². The third-order valence-electron chi connectivity index (χ3n) is 2.77. The zero-order chi connectivity index (χ0) is 13.9. The quantitative estimate of drug-likeness (QED) is 0.904. The number of ether oxygens (including phenoxy) is 1. The lowest BCUT2D eigenvalue weighted by atomic mass is 9.96. The van der Waals surface area contributed by atoms with Crippen molar-refractivity contribution in [3.8, 4) is 5.75 Å². The highest BCUT2D eigenvalue weighted by atomic mass is 35.5. The van der Waals surface area contributed by atoms with Crippen LogP contribution in [0.5, 0.6) is 5.75 Å². The summed E-state index contributed by atoms with van der Waals surface area (Å²) < 4.78 is 42.2. The van der Waals surface area contributed by atoms with Crippen molar-refractivity contribution in [1.29, 1.82) is 0 Å². The molecule has 0 unspecified atom stereocenters. The van der Waals surface area contributed by atoms with Gasteiger partial charge < -0.3 is 10.5 Å². The summed E-state index contributed by atoms with van der Waals surface area (Å²) in [5, 5.41) is 0. The molecule has 110 valence electrons. The lowest BCUT2D eigenvalue weighted by Crippen LogP contribution is -2.21. The fourth-order valence-electron chi connectivity index (χ4n) is 1.76. The number of benzene rings is 1. The fourth-order valence-corrected chi connectivity index (χ4v) is 1.76. The van der Waals surface area contributed by atoms with Crippen LogP contribution in [0.25, 0.3) is 0 Å². The maximum absolute atomic E-state index is 12.4. The summed E-state index contributed by atoms with van der Waals surface area (Å²) in [6, 6.07) is 4.10. The normalized spacial score (nSPS) is 13.1. The standard InChI is InChI=1S/C13H18F3NO.ClH/c1-8(2)9-4-5-12(18-3)10(6-9)11(17)7-13(14,15)16;/h4-6,8,11H,7,17H2,1-3H3;1H/t11-;/m0./s1. The van der Waals surface area contributed by atoms with Crippen LogP contribution >= 0.6 is 12.4 Å². The first-order valence-electron chi connectivity index (χ1n) is 5.74. The first-order valence-corrected chi connectivity index (χ1v) is 5.74. The van der Waals surface area contributed by atoms with Crippen LogP contribution in [0.15, 0.2) is 18.2 Å². The topological polar surface area (TPSA) is 35.2 Å². The van der Waals surface area contributed by atoms with Gasteiger partial charge in [0.1, 0.15) is 5.75 Å². The molecule has 1 aromatic rings. The van der Waals surface area contributed by atoms with Crippen LogP contribution in [0, 0.1) is 0 Å². The number of hydrogen-bond acceptors (Lipinski definition) is 2. The summed E-state index contributed by atoms with van der Waals surface area (Å²) >= 11 is 0. The van der Waals surface area contributed by atoms with E-state index in [-0.39, 0.29) is 18.3 Å². The Labute approximate surface area is 117 Å². The molecule has 0 saturated heterocycles. The highest BCUT2D eigenvalue weighted by molar-refractivity contribution is 5.85. The zero-order valence-electron chi connectivity index (χ0n) is 11.1. The van der Waals surface area contributed by atoms with Crippen LogP contribution < -0.4 is 10.5 Å². The molecule has 0 aliphatic rings. The Morgan fingerprint density at radius 1 is 1.26 bits per heavy atom. The van der Waals surface area contributed by atoms with E-state index in [4.69, 9.17) is 10.5 Å². The molecule has 0 radical (unpaired) electrons. The van der Waals surface area contributed by atoms with Crippen molar-refractivity contribution in [2.24, 2.45) is 5.73 Å². The Kier molecular flexibility index (Phi) is 6.66. The molecule has 0 heterocycles. The molecular formula is C13H19ClF3NO. The van der Waals surface area contributed by atoms with Crippen molar-refractivity contribution in [3.63, 3.8) is 0 Å². The molecule has 1 atom stereocenters. The van der Waals surface area contributed by atoms with E-state index in [0.29, 0.717) is 11.3 Å². The Morgan fingerprint density at radius 3 is 2.26 bits per heavy atom. The van der Waals surface area contributed by atoms with Crippen molar-refractivity contribution in [1.82, 2.24) is 0 Å². The minimum atomic E-state index is -4.28. The molecule has 0 fully saturated rings. The summed E-state index contributed by atoms with van der Waals surface area (Å²) in [5.74, 6) is 0.629. The van der Waals surface area contributed by atoms with Crippen molar-refractivity contribution >= 4 is 12.4 Å². The van der Waals surface area contributed by atoms with Gasteiger partial charge in [-0.25, -0.2) is 0 Å². The molecule has 1 rings (SSSR count). The second-order valence-corrected chi connectivity index (χ2v) is 4.58. The van der Waals surface area contributed by atoms with Gasteiger partial charge in [0, 0.05) is 11.6 Å². The first kappa shape index (κ1) is 18.1. The zero-order valence-corrected chi connectivity index (χ0v) is 11.9. The van der Waals surface area contributed by atoms with Gasteiger partial charge in [-0.3, -0.25) is 0 Å². The molecule has 1 aromatic carbocycles. The van der Waals surface area contributed by atoms with Crippen molar-refractivity contribution < 1.29 is 17.9 Å². The Hall–Kier alpha value is -0.940. The summed E-state index contributed by atoms with van der Waals surface area (Å²) in [7, 11) is 1.42. The van der Waals surface area contributed by atoms with E-state index < -0.39 is 18.6 Å². The highest BCUT2D eigenvalue weighted by Crippen LogP contribution is 2.34. The molecule has 19 heavy (non-hydrogen) atoms. The fraction of sp³-hybridized carbons (Fsp3) is 0.538. The molecule has 6 heteroatoms. The third kappa shape index (κ3) is 5.28. The maximum Gasteiger partial charge on any atom is 0.390 e. The van der Waals surface area contributed by atoms with Crippen LogP contribution in [-0.4, -0.2) is 13.3 Å². The molecule has 0 saturated carbocycles. The van der Waals surface area contributed by atoms with Gasteiger partial charge in [-0.2, -0.15) is 13.2 Å². The number of halogens is 4. The Morgan fingerprint density at radius 2 is 1.84 bits per heavy atom. The van der Waals surface area contributed by atoms with Crippen molar-refractivity contribution in [2.45, 2.75) is 38.4 Å². The van der Waals surface area contributed by atoms with E-state index in [0.717, 1.165) is 5.56 Å². The van der Waals surface area contributed by atoms with Gasteiger partial charge in [-0.05, 0) is 17.5 Å². The summed E-state index contributed by atoms with van der Waals surface area (Å²) in [5.41, 5.74) is 6.98. The molecule has 2 N–H and O–H groups in total. The second-order valence-electron chi connectivity index (χ2n) is 4.58. The average Bonchev–Trinajstić information content (AvgIpc) is 2.25. The van der Waals surface area contributed by atoms with Gasteiger partial charge in [0.15, 0.2) is 0 Å². The number of hydrogen-bond donors (Lipinski definition) is 1. The van der Waals surface area contributed by atoms with Crippen LogP contribution in [0.4, 0.5) is 13.2 Å². The second kappa shape index (κ2) is 7.01. The highest BCUT2D eigenvalue weighted by Gasteiger charge is 2.32. The molecule has 2 nitrogen and oxygen atoms in total. The van der Waals surface area contributed by atoms with Gasteiger partial charge in [-0.15, -0.1) is 12.4 Å². The summed E-state index contributed by atoms with van der Waals surface area (Å²) in [6.07, 6.45) is -5.33. The molecule has 0 bridgehead atoms. The van der Waals surface area contributed by atoms with E-state index >= 15 is 0 Å². The SMILES string of the molecule is COc1ccc(C(C)C)cc1[C@@H](N)CC(F)(F)F.Cl. The van der Waals surface area contributed by atoms with Gasteiger partial charge in [0.25, 0.3) is 0 Å². The van der Waals surface area contributed by atoms with Gasteiger partial charge in [0.05, 0.1) is 13.5 Å². The van der Waals surface area contributed by atoms with Crippen molar-refractivity contribution in [3.05, 3.63) is 29.3 Å². The minimum Gasteiger partial charge on any atom is -0.496 e. The van der Waals surface area contributed by atoms with Crippen LogP contribution in [-0.2, 0) is 0 Å². The Bertz CT molecular complexity index is 407. The van der Waals surface area contributed by atoms with E-state index in [9.17, 15) is 13.2 Å². The number of methoxy groups -OCH3 is 1. The average molecular weight is 298 g/mol. The summed E-state index contributed by atoms with van der Waals surface area (Å²) in [6.45, 7) is 3.95. The smallest absolute Gasteiger partial charge is 0.390 e. The van der Waals surface area contributed by atoms with Crippen LogP contribution in [0.2, 0.25) is 0 Å². The number of rotatable bonds is 4. The molecular weight excluding hydrogens is 279 g/mol. The predicted molar refractivity (Wildman–Crippen MR) is 71.9 cm³/mol. The van der Waals surface area contributed by atoms with Crippen molar-refractivity contribution in [2.75, 3.05) is 7.11 Å². The number of alkyl halides is 3. The lowest BCUT2D eigenvalue weighted by Gasteiger charge is -2.19. The van der Waals surface area contributed by atoms with E-state index in [1.54, 1.807) is 12.1 Å². The van der Waals surface area contributed by atoms with E-state index in [1.807, 2.05) is 19.9 Å². The first-order chi connectivity index (χ1) is 8.24. The molecule has 0 amide bonds. The number of nitrogens with two attached hydrogens (primary N) is 1. The molecule has 0 aliphatic heterocycles. The Balaban J connectivity index is 0.00000324. The molecule has 0 aliphatic carbocycles. The van der Waals surface area contributed by atoms with Crippen LogP contribution in [0.3, 0.4) is 0 Å². The van der Waals surface area contributed by atoms with Gasteiger partial charge in [0.2, 0.25) is 0 Å². The monoisotopic (exact) mass is 297 g/mol. The predicted octanol–water partition coefficient (Wildman–Crippen LogP) is 4.19. The molecule has 0 spiro atoms.